The van der Waals surface area contributed by atoms with Crippen molar-refractivity contribution in [1.82, 2.24) is 5.32 Å². The van der Waals surface area contributed by atoms with Crippen LogP contribution >= 0.6 is 0 Å². The lowest BCUT2D eigenvalue weighted by atomic mass is 9.90. The van der Waals surface area contributed by atoms with Gasteiger partial charge in [0.15, 0.2) is 6.29 Å². The number of hydrogen-bond acceptors (Lipinski definition) is 15. The first-order valence-electron chi connectivity index (χ1n) is 26.6. The largest absolute Gasteiger partial charge is 0.477 e. The molecule has 2 saturated heterocycles. The van der Waals surface area contributed by atoms with Crippen LogP contribution in [0.15, 0.2) is 12.2 Å². The van der Waals surface area contributed by atoms with E-state index in [0.29, 0.717) is 12.8 Å². The zero-order valence-electron chi connectivity index (χ0n) is 41.6. The Bertz CT molecular complexity index is 1310. The first kappa shape index (κ1) is 62.3. The van der Waals surface area contributed by atoms with Gasteiger partial charge in [0.1, 0.15) is 48.8 Å². The van der Waals surface area contributed by atoms with Gasteiger partial charge in [0.25, 0.3) is 5.79 Å². The number of carbonyl (C=O) groups excluding carboxylic acids is 1. The van der Waals surface area contributed by atoms with Gasteiger partial charge in [-0.15, -0.1) is 0 Å². The first-order chi connectivity index (χ1) is 32.8. The monoisotopic (exact) mass is 978 g/mol. The average molecular weight is 978 g/mol. The van der Waals surface area contributed by atoms with Crippen LogP contribution in [-0.4, -0.2) is 162 Å². The van der Waals surface area contributed by atoms with Crippen LogP contribution in [0, 0.1) is 0 Å². The summed E-state index contributed by atoms with van der Waals surface area (Å²) in [6.45, 7) is 2.16. The molecule has 0 bridgehead atoms. The second kappa shape index (κ2) is 37.0. The molecule has 17 heteroatoms. The van der Waals surface area contributed by atoms with E-state index in [0.717, 1.165) is 38.5 Å². The Kier molecular flexibility index (Phi) is 33.9. The lowest BCUT2D eigenvalue weighted by Crippen LogP contribution is -2.68. The molecule has 0 aromatic heterocycles. The molecule has 17 nitrogen and oxygen atoms in total. The number of amides is 1. The molecule has 2 rings (SSSR count). The van der Waals surface area contributed by atoms with Gasteiger partial charge in [-0.05, 0) is 19.3 Å². The number of rotatable bonds is 41. The van der Waals surface area contributed by atoms with Crippen LogP contribution in [0.3, 0.4) is 0 Å². The predicted molar refractivity (Wildman–Crippen MR) is 257 cm³/mol. The molecule has 0 saturated carbocycles. The Morgan fingerprint density at radius 3 is 1.65 bits per heavy atom. The van der Waals surface area contributed by atoms with E-state index in [1.54, 1.807) is 6.08 Å². The van der Waals surface area contributed by atoms with Gasteiger partial charge in [-0.25, -0.2) is 4.79 Å². The maximum absolute atomic E-state index is 13.3. The molecule has 0 unspecified atom stereocenters. The highest BCUT2D eigenvalue weighted by Crippen LogP contribution is 2.37. The summed E-state index contributed by atoms with van der Waals surface area (Å²) in [5, 5.41) is 108. The summed E-state index contributed by atoms with van der Waals surface area (Å²) in [5.41, 5.74) is 0. The third kappa shape index (κ3) is 23.6. The van der Waals surface area contributed by atoms with Gasteiger partial charge < -0.3 is 75.3 Å². The fraction of sp³-hybridized carbons (Fsp3) is 0.922. The molecule has 0 aromatic rings. The van der Waals surface area contributed by atoms with Gasteiger partial charge in [0.2, 0.25) is 5.91 Å². The molecular formula is C51H95NO16. The van der Waals surface area contributed by atoms with Crippen molar-refractivity contribution in [2.24, 2.45) is 0 Å². The van der Waals surface area contributed by atoms with Gasteiger partial charge in [0.05, 0.1) is 38.1 Å². The Labute approximate surface area is 407 Å². The average Bonchev–Trinajstić information content (AvgIpc) is 3.32. The van der Waals surface area contributed by atoms with Crippen LogP contribution in [0.1, 0.15) is 200 Å². The third-order valence-electron chi connectivity index (χ3n) is 13.4. The quantitative estimate of drug-likeness (QED) is 0.0277. The van der Waals surface area contributed by atoms with Crippen LogP contribution < -0.4 is 5.32 Å². The van der Waals surface area contributed by atoms with Crippen molar-refractivity contribution in [2.45, 2.75) is 279 Å². The van der Waals surface area contributed by atoms with E-state index in [1.807, 2.05) is 6.08 Å². The number of aliphatic carboxylic acids is 1. The standard InChI is InChI=1S/C51H95NO16/c1-3-5-7-9-11-13-15-17-18-20-22-24-26-28-30-32-42(58)52-37(38(55)31-29-27-25-23-21-19-16-14-12-10-8-6-4-2)36-65-49-46(62)48(45(61)41(35-54)66-49)68-51(50(63)64)33-39(56)43(59)47(67-51)44(60)40(57)34-53/h29,31,37-41,43-49,53-57,59-62H,3-28,30,32-36H2,1-2H3,(H,52,58)(H,63,64)/b31-29+/t37-,38+,39-,40+,41+,43+,44+,45-,46+,47+,48-,49+,51-/m0/s1. The molecule has 1 amide bonds. The Morgan fingerprint density at radius 1 is 0.691 bits per heavy atom. The second-order valence-corrected chi connectivity index (χ2v) is 19.4. The van der Waals surface area contributed by atoms with Gasteiger partial charge in [-0.1, -0.05) is 180 Å². The molecule has 0 spiro atoms. The highest BCUT2D eigenvalue weighted by Gasteiger charge is 2.59. The van der Waals surface area contributed by atoms with Gasteiger partial charge in [0, 0.05) is 12.8 Å². The van der Waals surface area contributed by atoms with Crippen LogP contribution in [0.25, 0.3) is 0 Å². The normalized spacial score (nSPS) is 27.3. The minimum absolute atomic E-state index is 0.212. The topological polar surface area (TPSA) is 285 Å². The van der Waals surface area contributed by atoms with Gasteiger partial charge in [-0.2, -0.15) is 0 Å². The van der Waals surface area contributed by atoms with E-state index in [2.05, 4.69) is 19.2 Å². The summed E-state index contributed by atoms with van der Waals surface area (Å²) >= 11 is 0. The number of carboxylic acid groups (broad SMARTS) is 1. The molecule has 0 aliphatic carbocycles. The molecule has 0 radical (unpaired) electrons. The fourth-order valence-electron chi connectivity index (χ4n) is 9.02. The number of carboxylic acids is 1. The number of aliphatic hydroxyl groups excluding tert-OH is 9. The molecule has 2 aliphatic rings. The van der Waals surface area contributed by atoms with Crippen molar-refractivity contribution in [1.29, 1.82) is 0 Å². The molecule has 2 fully saturated rings. The molecule has 2 aliphatic heterocycles. The Morgan fingerprint density at radius 2 is 1.18 bits per heavy atom. The van der Waals surface area contributed by atoms with Crippen molar-refractivity contribution < 1.29 is 79.6 Å². The smallest absolute Gasteiger partial charge is 0.364 e. The molecule has 11 N–H and O–H groups in total. The maximum Gasteiger partial charge on any atom is 0.364 e. The zero-order chi connectivity index (χ0) is 50.2. The van der Waals surface area contributed by atoms with Gasteiger partial charge >= 0.3 is 5.97 Å². The van der Waals surface area contributed by atoms with E-state index in [9.17, 15) is 60.7 Å². The van der Waals surface area contributed by atoms with Gasteiger partial charge in [-0.3, -0.25) is 4.79 Å². The summed E-state index contributed by atoms with van der Waals surface area (Å²) in [4.78, 5) is 26.0. The van der Waals surface area contributed by atoms with Crippen LogP contribution in [0.5, 0.6) is 0 Å². The molecule has 2 heterocycles. The third-order valence-corrected chi connectivity index (χ3v) is 13.4. The van der Waals surface area contributed by atoms with E-state index in [1.165, 1.54) is 122 Å². The zero-order valence-corrected chi connectivity index (χ0v) is 41.6. The molecule has 68 heavy (non-hydrogen) atoms. The van der Waals surface area contributed by atoms with E-state index in [4.69, 9.17) is 18.9 Å². The van der Waals surface area contributed by atoms with Crippen molar-refractivity contribution in [3.63, 3.8) is 0 Å². The van der Waals surface area contributed by atoms with Crippen molar-refractivity contribution in [2.75, 3.05) is 19.8 Å². The Balaban J connectivity index is 2.04. The second-order valence-electron chi connectivity index (χ2n) is 19.4. The summed E-state index contributed by atoms with van der Waals surface area (Å²) in [7, 11) is 0. The van der Waals surface area contributed by atoms with Crippen molar-refractivity contribution in [3.8, 4) is 0 Å². The number of nitrogens with one attached hydrogen (secondary N) is 1. The minimum atomic E-state index is -2.95. The Hall–Kier alpha value is -1.84. The molecule has 13 atom stereocenters. The number of unbranched alkanes of at least 4 members (excludes halogenated alkanes) is 25. The molecule has 0 aromatic carbocycles. The molecular weight excluding hydrogens is 883 g/mol. The summed E-state index contributed by atoms with van der Waals surface area (Å²) in [6.07, 6.45) is 14.2. The highest BCUT2D eigenvalue weighted by molar-refractivity contribution is 5.76. The van der Waals surface area contributed by atoms with Crippen molar-refractivity contribution >= 4 is 11.9 Å². The van der Waals surface area contributed by atoms with E-state index < -0.39 is 111 Å². The van der Waals surface area contributed by atoms with Crippen LogP contribution in [-0.2, 0) is 28.5 Å². The molecule has 400 valence electrons. The van der Waals surface area contributed by atoms with E-state index in [-0.39, 0.29) is 12.3 Å². The lowest BCUT2D eigenvalue weighted by Gasteiger charge is -2.49. The number of hydrogen-bond donors (Lipinski definition) is 11. The predicted octanol–water partition coefficient (Wildman–Crippen LogP) is 5.20. The number of ether oxygens (including phenoxy) is 4. The first-order valence-corrected chi connectivity index (χ1v) is 26.6. The number of allylic oxidation sites excluding steroid dienone is 1. The SMILES string of the molecule is CCCCCCCCCCCCC/C=C/[C@@H](O)[C@H](CO[C@@H]1O[C@H](CO)[C@H](O)[C@H](O[C@]2(C(=O)O)C[C@H](O)[C@@H](O)[C@H]([C@H](O)[C@H](O)CO)O2)[C@H]1O)NC(=O)CCCCCCCCCCCCCCCCC. The highest BCUT2D eigenvalue weighted by atomic mass is 16.8. The van der Waals surface area contributed by atoms with Crippen LogP contribution in [0.4, 0.5) is 0 Å². The van der Waals surface area contributed by atoms with Crippen molar-refractivity contribution in [3.05, 3.63) is 12.2 Å². The summed E-state index contributed by atoms with van der Waals surface area (Å²) in [5.74, 6) is -5.17. The van der Waals surface area contributed by atoms with E-state index >= 15 is 0 Å². The summed E-state index contributed by atoms with van der Waals surface area (Å²) in [6, 6.07) is -1.04. The van der Waals surface area contributed by atoms with Crippen LogP contribution in [0.2, 0.25) is 0 Å². The minimum Gasteiger partial charge on any atom is -0.477 e. The fourth-order valence-corrected chi connectivity index (χ4v) is 9.02. The number of carbonyl (C=O) groups is 2. The lowest BCUT2D eigenvalue weighted by molar-refractivity contribution is -0.376. The maximum atomic E-state index is 13.3. The summed E-state index contributed by atoms with van der Waals surface area (Å²) < 4.78 is 22.7. The number of aliphatic hydroxyl groups is 9.